The Morgan fingerprint density at radius 2 is 2.12 bits per heavy atom. The van der Waals surface area contributed by atoms with Gasteiger partial charge in [0.2, 0.25) is 5.95 Å². The molecule has 5 rings (SSSR count). The van der Waals surface area contributed by atoms with Crippen LogP contribution in [0.3, 0.4) is 0 Å². The SMILES string of the molecule is CN1CCn2nc(Nc3nc4nccc(C#N)c4n3C)cc2C12CC2. The first-order valence-electron chi connectivity index (χ1n) is 8.40. The first-order chi connectivity index (χ1) is 12.1. The van der Waals surface area contributed by atoms with Crippen molar-refractivity contribution in [2.24, 2.45) is 7.05 Å². The quantitative estimate of drug-likeness (QED) is 0.768. The molecule has 1 spiro atoms. The van der Waals surface area contributed by atoms with Crippen molar-refractivity contribution in [1.29, 1.82) is 5.26 Å². The molecule has 0 radical (unpaired) electrons. The topological polar surface area (TPSA) is 87.6 Å². The van der Waals surface area contributed by atoms with E-state index in [4.69, 9.17) is 5.10 Å². The largest absolute Gasteiger partial charge is 0.311 e. The number of nitrogens with zero attached hydrogens (tertiary/aromatic N) is 7. The summed E-state index contributed by atoms with van der Waals surface area (Å²) in [6, 6.07) is 6.03. The van der Waals surface area contributed by atoms with Crippen LogP contribution < -0.4 is 5.32 Å². The van der Waals surface area contributed by atoms with Gasteiger partial charge in [-0.3, -0.25) is 9.58 Å². The standard InChI is InChI=1S/C17H18N8/c1-23-7-8-25-12(17(23)4-5-17)9-13(22-25)20-16-21-15-14(24(16)2)11(10-18)3-6-19-15/h3,6,9H,4-5,7-8H2,1-2H3,(H,19,20,21,22). The fourth-order valence-corrected chi connectivity index (χ4v) is 3.89. The predicted octanol–water partition coefficient (Wildman–Crippen LogP) is 1.71. The van der Waals surface area contributed by atoms with Crippen LogP contribution in [0, 0.1) is 11.3 Å². The normalized spacial score (nSPS) is 18.3. The molecule has 25 heavy (non-hydrogen) atoms. The van der Waals surface area contributed by atoms with Crippen LogP contribution in [0.15, 0.2) is 18.3 Å². The third-order valence-corrected chi connectivity index (χ3v) is 5.49. The first kappa shape index (κ1) is 14.4. The van der Waals surface area contributed by atoms with Gasteiger partial charge >= 0.3 is 0 Å². The molecule has 2 aliphatic rings. The highest BCUT2D eigenvalue weighted by Crippen LogP contribution is 2.52. The van der Waals surface area contributed by atoms with Crippen molar-refractivity contribution in [3.05, 3.63) is 29.6 Å². The number of hydrogen-bond acceptors (Lipinski definition) is 6. The average molecular weight is 334 g/mol. The number of hydrogen-bond donors (Lipinski definition) is 1. The summed E-state index contributed by atoms with van der Waals surface area (Å²) >= 11 is 0. The molecule has 1 aliphatic heterocycles. The number of nitriles is 1. The van der Waals surface area contributed by atoms with Gasteiger partial charge in [-0.1, -0.05) is 0 Å². The van der Waals surface area contributed by atoms with Gasteiger partial charge in [-0.15, -0.1) is 0 Å². The maximum absolute atomic E-state index is 9.30. The van der Waals surface area contributed by atoms with Gasteiger partial charge in [-0.05, 0) is 26.0 Å². The zero-order chi connectivity index (χ0) is 17.2. The number of nitrogens with one attached hydrogen (secondary N) is 1. The van der Waals surface area contributed by atoms with E-state index < -0.39 is 0 Å². The van der Waals surface area contributed by atoms with E-state index in [1.165, 1.54) is 18.5 Å². The summed E-state index contributed by atoms with van der Waals surface area (Å²) in [4.78, 5) is 11.2. The summed E-state index contributed by atoms with van der Waals surface area (Å²) in [6.45, 7) is 1.92. The predicted molar refractivity (Wildman–Crippen MR) is 92.3 cm³/mol. The molecule has 126 valence electrons. The Labute approximate surface area is 144 Å². The first-order valence-corrected chi connectivity index (χ1v) is 8.40. The molecule has 1 saturated carbocycles. The second kappa shape index (κ2) is 4.80. The number of likely N-dealkylation sites (N-methyl/N-ethyl adjacent to an activating group) is 1. The lowest BCUT2D eigenvalue weighted by atomic mass is 10.1. The van der Waals surface area contributed by atoms with Crippen molar-refractivity contribution < 1.29 is 0 Å². The lowest BCUT2D eigenvalue weighted by Crippen LogP contribution is -2.41. The molecule has 1 fully saturated rings. The highest BCUT2D eigenvalue weighted by molar-refractivity contribution is 5.81. The summed E-state index contributed by atoms with van der Waals surface area (Å²) in [5, 5.41) is 17.3. The highest BCUT2D eigenvalue weighted by Gasteiger charge is 2.52. The van der Waals surface area contributed by atoms with Gasteiger partial charge in [0.05, 0.1) is 23.3 Å². The Balaban J connectivity index is 1.54. The van der Waals surface area contributed by atoms with Gasteiger partial charge in [0.25, 0.3) is 0 Å². The number of imidazole rings is 1. The summed E-state index contributed by atoms with van der Waals surface area (Å²) in [5.74, 6) is 1.42. The van der Waals surface area contributed by atoms with Crippen molar-refractivity contribution in [2.45, 2.75) is 24.9 Å². The van der Waals surface area contributed by atoms with Gasteiger partial charge in [0, 0.05) is 25.9 Å². The van der Waals surface area contributed by atoms with Crippen molar-refractivity contribution in [1.82, 2.24) is 29.2 Å². The molecule has 0 bridgehead atoms. The molecule has 1 aliphatic carbocycles. The van der Waals surface area contributed by atoms with Crippen LogP contribution in [0.25, 0.3) is 11.2 Å². The zero-order valence-corrected chi connectivity index (χ0v) is 14.2. The maximum Gasteiger partial charge on any atom is 0.210 e. The molecule has 8 nitrogen and oxygen atoms in total. The van der Waals surface area contributed by atoms with Crippen LogP contribution in [0.1, 0.15) is 24.1 Å². The summed E-state index contributed by atoms with van der Waals surface area (Å²) < 4.78 is 3.97. The Morgan fingerprint density at radius 1 is 1.28 bits per heavy atom. The number of anilines is 2. The van der Waals surface area contributed by atoms with Crippen LogP contribution in [0.5, 0.6) is 0 Å². The third kappa shape index (κ3) is 1.93. The molecule has 0 saturated heterocycles. The molecule has 1 N–H and O–H groups in total. The minimum Gasteiger partial charge on any atom is -0.311 e. The van der Waals surface area contributed by atoms with Crippen LogP contribution in [0.4, 0.5) is 11.8 Å². The molecule has 3 aromatic heterocycles. The molecule has 0 amide bonds. The van der Waals surface area contributed by atoms with E-state index >= 15 is 0 Å². The van der Waals surface area contributed by atoms with E-state index in [2.05, 4.69) is 44.0 Å². The average Bonchev–Trinajstić information content (AvgIpc) is 3.21. The second-order valence-electron chi connectivity index (χ2n) is 6.85. The monoisotopic (exact) mass is 334 g/mol. The number of aryl methyl sites for hydroxylation is 1. The van der Waals surface area contributed by atoms with Gasteiger partial charge in [-0.2, -0.15) is 15.3 Å². The van der Waals surface area contributed by atoms with Gasteiger partial charge < -0.3 is 9.88 Å². The van der Waals surface area contributed by atoms with Crippen LogP contribution >= 0.6 is 0 Å². The molecule has 0 aromatic carbocycles. The van der Waals surface area contributed by atoms with Gasteiger partial charge in [0.15, 0.2) is 11.5 Å². The van der Waals surface area contributed by atoms with Crippen molar-refractivity contribution >= 4 is 22.9 Å². The molecule has 8 heteroatoms. The smallest absolute Gasteiger partial charge is 0.210 e. The number of fused-ring (bicyclic) bond motifs is 3. The molecular formula is C17H18N8. The zero-order valence-electron chi connectivity index (χ0n) is 14.2. The second-order valence-corrected chi connectivity index (χ2v) is 6.85. The van der Waals surface area contributed by atoms with E-state index in [0.29, 0.717) is 17.2 Å². The maximum atomic E-state index is 9.30. The fourth-order valence-electron chi connectivity index (χ4n) is 3.89. The van der Waals surface area contributed by atoms with Gasteiger partial charge in [0.1, 0.15) is 11.6 Å². The van der Waals surface area contributed by atoms with Crippen molar-refractivity contribution in [3.8, 4) is 6.07 Å². The molecular weight excluding hydrogens is 316 g/mol. The number of aromatic nitrogens is 5. The number of pyridine rings is 1. The lowest BCUT2D eigenvalue weighted by molar-refractivity contribution is 0.168. The Hall–Kier alpha value is -2.92. The van der Waals surface area contributed by atoms with Crippen molar-refractivity contribution in [2.75, 3.05) is 18.9 Å². The van der Waals surface area contributed by atoms with Crippen molar-refractivity contribution in [3.63, 3.8) is 0 Å². The Morgan fingerprint density at radius 3 is 2.88 bits per heavy atom. The molecule has 3 aromatic rings. The minimum atomic E-state index is 0.174. The van der Waals surface area contributed by atoms with Crippen LogP contribution in [-0.2, 0) is 19.1 Å². The van der Waals surface area contributed by atoms with E-state index in [-0.39, 0.29) is 5.54 Å². The van der Waals surface area contributed by atoms with E-state index in [9.17, 15) is 5.26 Å². The fraction of sp³-hybridized carbons (Fsp3) is 0.412. The van der Waals surface area contributed by atoms with Gasteiger partial charge in [-0.25, -0.2) is 4.98 Å². The highest BCUT2D eigenvalue weighted by atomic mass is 15.4. The number of rotatable bonds is 2. The minimum absolute atomic E-state index is 0.174. The summed E-state index contributed by atoms with van der Waals surface area (Å²) in [6.07, 6.45) is 3.99. The molecule has 4 heterocycles. The molecule has 0 unspecified atom stereocenters. The van der Waals surface area contributed by atoms with E-state index in [1.54, 1.807) is 12.3 Å². The third-order valence-electron chi connectivity index (χ3n) is 5.49. The van der Waals surface area contributed by atoms with Crippen LogP contribution in [-0.4, -0.2) is 42.8 Å². The Bertz CT molecular complexity index is 1030. The van der Waals surface area contributed by atoms with E-state index in [0.717, 1.165) is 24.4 Å². The molecule has 0 atom stereocenters. The summed E-state index contributed by atoms with van der Waals surface area (Å²) in [5.41, 5.74) is 3.31. The van der Waals surface area contributed by atoms with E-state index in [1.807, 2.05) is 11.6 Å². The summed E-state index contributed by atoms with van der Waals surface area (Å²) in [7, 11) is 4.07. The Kier molecular flexibility index (Phi) is 2.77. The van der Waals surface area contributed by atoms with Crippen LogP contribution in [0.2, 0.25) is 0 Å². The lowest BCUT2D eigenvalue weighted by Gasteiger charge is -2.33.